The van der Waals surface area contributed by atoms with Crippen molar-refractivity contribution in [1.29, 1.82) is 0 Å². The molecule has 5 heteroatoms. The number of rotatable bonds is 1. The van der Waals surface area contributed by atoms with Gasteiger partial charge in [0.1, 0.15) is 5.82 Å². The number of aromatic nitrogens is 2. The zero-order valence-corrected chi connectivity index (χ0v) is 6.44. The molecule has 0 saturated heterocycles. The van der Waals surface area contributed by atoms with Crippen molar-refractivity contribution in [3.05, 3.63) is 12.3 Å². The molecule has 0 amide bonds. The van der Waals surface area contributed by atoms with Crippen LogP contribution in [0.2, 0.25) is 0 Å². The standard InChI is InChI=1S/C7H7N3O2/c1-11-7-9-5(8)4-2-3-12-6(4)10-7/h2-3H,1H3,(H2,8,9,10). The van der Waals surface area contributed by atoms with Crippen LogP contribution in [0.4, 0.5) is 5.82 Å². The van der Waals surface area contributed by atoms with E-state index in [0.717, 1.165) is 0 Å². The second kappa shape index (κ2) is 2.37. The molecule has 2 rings (SSSR count). The maximum Gasteiger partial charge on any atom is 0.321 e. The Balaban J connectivity index is 2.75. The van der Waals surface area contributed by atoms with Gasteiger partial charge in [-0.05, 0) is 6.07 Å². The molecule has 0 aliphatic carbocycles. The molecule has 62 valence electrons. The van der Waals surface area contributed by atoms with E-state index in [-0.39, 0.29) is 6.01 Å². The van der Waals surface area contributed by atoms with Crippen molar-refractivity contribution in [3.8, 4) is 6.01 Å². The minimum absolute atomic E-state index is 0.218. The molecule has 0 radical (unpaired) electrons. The van der Waals surface area contributed by atoms with E-state index in [0.29, 0.717) is 16.9 Å². The van der Waals surface area contributed by atoms with Crippen LogP contribution in [0.1, 0.15) is 0 Å². The fourth-order valence-electron chi connectivity index (χ4n) is 0.949. The number of nitrogens with two attached hydrogens (primary N) is 1. The molecule has 0 aromatic carbocycles. The van der Waals surface area contributed by atoms with Crippen molar-refractivity contribution in [3.63, 3.8) is 0 Å². The number of anilines is 1. The highest BCUT2D eigenvalue weighted by molar-refractivity contribution is 5.84. The molecule has 2 heterocycles. The summed E-state index contributed by atoms with van der Waals surface area (Å²) >= 11 is 0. The maximum atomic E-state index is 5.59. The van der Waals surface area contributed by atoms with Gasteiger partial charge in [-0.1, -0.05) is 0 Å². The minimum Gasteiger partial charge on any atom is -0.467 e. The number of nitrogens with zero attached hydrogens (tertiary/aromatic N) is 2. The third-order valence-electron chi connectivity index (χ3n) is 1.52. The first-order chi connectivity index (χ1) is 5.81. The van der Waals surface area contributed by atoms with Crippen LogP contribution in [-0.4, -0.2) is 17.1 Å². The summed E-state index contributed by atoms with van der Waals surface area (Å²) < 4.78 is 9.84. The van der Waals surface area contributed by atoms with Crippen LogP contribution in [0.5, 0.6) is 6.01 Å². The molecule has 0 fully saturated rings. The molecule has 5 nitrogen and oxygen atoms in total. The summed E-state index contributed by atoms with van der Waals surface area (Å²) in [4.78, 5) is 7.81. The lowest BCUT2D eigenvalue weighted by Crippen LogP contribution is -1.96. The van der Waals surface area contributed by atoms with Gasteiger partial charge < -0.3 is 14.9 Å². The zero-order chi connectivity index (χ0) is 8.55. The van der Waals surface area contributed by atoms with Crippen molar-refractivity contribution < 1.29 is 9.15 Å². The van der Waals surface area contributed by atoms with E-state index in [2.05, 4.69) is 9.97 Å². The molecule has 0 saturated carbocycles. The SMILES string of the molecule is COc1nc(N)c2ccoc2n1. The third kappa shape index (κ3) is 0.868. The fraction of sp³-hybridized carbons (Fsp3) is 0.143. The Morgan fingerprint density at radius 2 is 2.33 bits per heavy atom. The highest BCUT2D eigenvalue weighted by atomic mass is 16.5. The number of furan rings is 1. The Morgan fingerprint density at radius 3 is 3.08 bits per heavy atom. The Bertz CT molecular complexity index is 410. The molecular formula is C7H7N3O2. The van der Waals surface area contributed by atoms with E-state index in [9.17, 15) is 0 Å². The highest BCUT2D eigenvalue weighted by Crippen LogP contribution is 2.20. The summed E-state index contributed by atoms with van der Waals surface area (Å²) in [6.07, 6.45) is 1.51. The highest BCUT2D eigenvalue weighted by Gasteiger charge is 2.06. The second-order valence-electron chi connectivity index (χ2n) is 2.23. The summed E-state index contributed by atoms with van der Waals surface area (Å²) in [5.74, 6) is 0.366. The van der Waals surface area contributed by atoms with E-state index < -0.39 is 0 Å². The van der Waals surface area contributed by atoms with Crippen LogP contribution in [0.3, 0.4) is 0 Å². The van der Waals surface area contributed by atoms with Crippen molar-refractivity contribution in [1.82, 2.24) is 9.97 Å². The molecule has 0 aliphatic heterocycles. The number of nitrogen functional groups attached to an aromatic ring is 1. The summed E-state index contributed by atoms with van der Waals surface area (Å²) in [6.45, 7) is 0. The zero-order valence-electron chi connectivity index (χ0n) is 6.44. The predicted octanol–water partition coefficient (Wildman–Crippen LogP) is 0.814. The van der Waals surface area contributed by atoms with Gasteiger partial charge in [-0.25, -0.2) is 0 Å². The number of hydrogen-bond acceptors (Lipinski definition) is 5. The molecule has 0 atom stereocenters. The van der Waals surface area contributed by atoms with Gasteiger partial charge in [0.2, 0.25) is 5.71 Å². The van der Waals surface area contributed by atoms with Crippen molar-refractivity contribution in [2.45, 2.75) is 0 Å². The second-order valence-corrected chi connectivity index (χ2v) is 2.23. The molecule has 0 aliphatic rings. The van der Waals surface area contributed by atoms with E-state index >= 15 is 0 Å². The first kappa shape index (κ1) is 6.90. The lowest BCUT2D eigenvalue weighted by Gasteiger charge is -1.97. The first-order valence-electron chi connectivity index (χ1n) is 3.36. The molecule has 2 aromatic rings. The number of fused-ring (bicyclic) bond motifs is 1. The monoisotopic (exact) mass is 165 g/mol. The van der Waals surface area contributed by atoms with Gasteiger partial charge in [-0.3, -0.25) is 0 Å². The van der Waals surface area contributed by atoms with E-state index in [1.807, 2.05) is 0 Å². The summed E-state index contributed by atoms with van der Waals surface area (Å²) in [6, 6.07) is 1.93. The smallest absolute Gasteiger partial charge is 0.321 e. The van der Waals surface area contributed by atoms with Crippen LogP contribution >= 0.6 is 0 Å². The molecule has 2 aromatic heterocycles. The molecular weight excluding hydrogens is 158 g/mol. The van der Waals surface area contributed by atoms with Crippen molar-refractivity contribution >= 4 is 16.9 Å². The Labute approximate surface area is 68.2 Å². The Kier molecular flexibility index (Phi) is 1.36. The van der Waals surface area contributed by atoms with Crippen LogP contribution in [0, 0.1) is 0 Å². The Morgan fingerprint density at radius 1 is 1.50 bits per heavy atom. The van der Waals surface area contributed by atoms with Gasteiger partial charge in [-0.15, -0.1) is 0 Å². The average molecular weight is 165 g/mol. The first-order valence-corrected chi connectivity index (χ1v) is 3.36. The van der Waals surface area contributed by atoms with Gasteiger partial charge in [0.25, 0.3) is 0 Å². The average Bonchev–Trinajstić information content (AvgIpc) is 2.52. The number of ether oxygens (including phenoxy) is 1. The maximum absolute atomic E-state index is 5.59. The topological polar surface area (TPSA) is 74.2 Å². The van der Waals surface area contributed by atoms with Crippen LogP contribution in [-0.2, 0) is 0 Å². The van der Waals surface area contributed by atoms with Gasteiger partial charge in [-0.2, -0.15) is 9.97 Å². The molecule has 0 unspecified atom stereocenters. The van der Waals surface area contributed by atoms with E-state index in [1.54, 1.807) is 6.07 Å². The third-order valence-corrected chi connectivity index (χ3v) is 1.52. The van der Waals surface area contributed by atoms with Gasteiger partial charge in [0.15, 0.2) is 0 Å². The Hall–Kier alpha value is -1.78. The van der Waals surface area contributed by atoms with E-state index in [4.69, 9.17) is 14.9 Å². The van der Waals surface area contributed by atoms with Crippen LogP contribution in [0.25, 0.3) is 11.1 Å². The van der Waals surface area contributed by atoms with Crippen molar-refractivity contribution in [2.24, 2.45) is 0 Å². The number of hydrogen-bond donors (Lipinski definition) is 1. The van der Waals surface area contributed by atoms with Crippen LogP contribution in [0.15, 0.2) is 16.7 Å². The van der Waals surface area contributed by atoms with Crippen LogP contribution < -0.4 is 10.5 Å². The van der Waals surface area contributed by atoms with Gasteiger partial charge in [0, 0.05) is 0 Å². The van der Waals surface area contributed by atoms with Gasteiger partial charge in [0.05, 0.1) is 18.8 Å². The fourth-order valence-corrected chi connectivity index (χ4v) is 0.949. The minimum atomic E-state index is 0.218. The normalized spacial score (nSPS) is 10.4. The molecule has 2 N–H and O–H groups in total. The summed E-state index contributed by atoms with van der Waals surface area (Å²) in [5.41, 5.74) is 6.03. The van der Waals surface area contributed by atoms with Gasteiger partial charge >= 0.3 is 6.01 Å². The largest absolute Gasteiger partial charge is 0.467 e. The predicted molar refractivity (Wildman–Crippen MR) is 42.8 cm³/mol. The molecule has 0 spiro atoms. The lowest BCUT2D eigenvalue weighted by atomic mass is 10.4. The van der Waals surface area contributed by atoms with Crippen molar-refractivity contribution in [2.75, 3.05) is 12.8 Å². The number of methoxy groups -OCH3 is 1. The molecule has 12 heavy (non-hydrogen) atoms. The quantitative estimate of drug-likeness (QED) is 0.676. The van der Waals surface area contributed by atoms with E-state index in [1.165, 1.54) is 13.4 Å². The summed E-state index contributed by atoms with van der Waals surface area (Å²) in [5, 5.41) is 0.704. The molecule has 0 bridgehead atoms. The summed E-state index contributed by atoms with van der Waals surface area (Å²) in [7, 11) is 1.48. The lowest BCUT2D eigenvalue weighted by molar-refractivity contribution is 0.380.